The molecule has 2 heteroatoms. The molecular weight excluding hydrogens is 232 g/mol. The molecule has 1 aromatic carbocycles. The van der Waals surface area contributed by atoms with Gasteiger partial charge in [-0.3, -0.25) is 4.90 Å². The van der Waals surface area contributed by atoms with Crippen LogP contribution in [0.4, 0.5) is 0 Å². The number of nitrogens with zero attached hydrogens (tertiary/aromatic N) is 1. The summed E-state index contributed by atoms with van der Waals surface area (Å²) in [5.41, 5.74) is 1.89. The van der Waals surface area contributed by atoms with Crippen LogP contribution >= 0.6 is 0 Å². The first-order chi connectivity index (χ1) is 9.08. The second-order valence-electron chi connectivity index (χ2n) is 6.70. The van der Waals surface area contributed by atoms with Gasteiger partial charge in [0.15, 0.2) is 0 Å². The molecule has 0 aromatic heterocycles. The van der Waals surface area contributed by atoms with Crippen LogP contribution in [-0.4, -0.2) is 30.1 Å². The quantitative estimate of drug-likeness (QED) is 0.896. The Labute approximate surface area is 117 Å². The highest BCUT2D eigenvalue weighted by Crippen LogP contribution is 2.44. The van der Waals surface area contributed by atoms with Crippen molar-refractivity contribution in [3.05, 3.63) is 35.9 Å². The number of nitrogens with one attached hydrogen (secondary N) is 1. The molecule has 0 spiro atoms. The number of hydrogen-bond donors (Lipinski definition) is 1. The van der Waals surface area contributed by atoms with E-state index in [1.807, 2.05) is 0 Å². The van der Waals surface area contributed by atoms with Crippen molar-refractivity contribution in [1.82, 2.24) is 10.2 Å². The summed E-state index contributed by atoms with van der Waals surface area (Å²) in [6.07, 6.45) is 2.81. The Hall–Kier alpha value is -0.860. The van der Waals surface area contributed by atoms with Gasteiger partial charge in [-0.25, -0.2) is 0 Å². The second-order valence-corrected chi connectivity index (χ2v) is 6.70. The first kappa shape index (κ1) is 13.1. The summed E-state index contributed by atoms with van der Waals surface area (Å²) in [7, 11) is 0. The SMILES string of the molecule is CCN1CC(C)(C2CC2)NCC1(C)c1ccccc1. The molecule has 0 amide bonds. The minimum atomic E-state index is 0.129. The van der Waals surface area contributed by atoms with Crippen molar-refractivity contribution in [2.24, 2.45) is 5.92 Å². The van der Waals surface area contributed by atoms with Gasteiger partial charge < -0.3 is 5.32 Å². The van der Waals surface area contributed by atoms with Crippen molar-refractivity contribution in [1.29, 1.82) is 0 Å². The van der Waals surface area contributed by atoms with Crippen molar-refractivity contribution < 1.29 is 0 Å². The van der Waals surface area contributed by atoms with Gasteiger partial charge in [0.1, 0.15) is 0 Å². The van der Waals surface area contributed by atoms with Gasteiger partial charge in [0.05, 0.1) is 5.54 Å². The summed E-state index contributed by atoms with van der Waals surface area (Å²) in [5, 5.41) is 3.87. The molecule has 3 rings (SSSR count). The molecule has 19 heavy (non-hydrogen) atoms. The lowest BCUT2D eigenvalue weighted by Gasteiger charge is -2.52. The number of rotatable bonds is 3. The summed E-state index contributed by atoms with van der Waals surface area (Å²) >= 11 is 0. The van der Waals surface area contributed by atoms with E-state index in [1.165, 1.54) is 24.9 Å². The minimum absolute atomic E-state index is 0.129. The van der Waals surface area contributed by atoms with Crippen molar-refractivity contribution in [3.8, 4) is 0 Å². The number of piperazine rings is 1. The Bertz CT molecular complexity index is 440. The zero-order valence-corrected chi connectivity index (χ0v) is 12.4. The predicted molar refractivity (Wildman–Crippen MR) is 80.2 cm³/mol. The zero-order valence-electron chi connectivity index (χ0n) is 12.4. The Morgan fingerprint density at radius 3 is 2.47 bits per heavy atom. The lowest BCUT2D eigenvalue weighted by Crippen LogP contribution is -2.67. The van der Waals surface area contributed by atoms with Gasteiger partial charge in [-0.05, 0) is 44.7 Å². The fourth-order valence-electron chi connectivity index (χ4n) is 3.65. The molecule has 104 valence electrons. The lowest BCUT2D eigenvalue weighted by molar-refractivity contribution is 0.0145. The smallest absolute Gasteiger partial charge is 0.0558 e. The summed E-state index contributed by atoms with van der Waals surface area (Å²) in [6.45, 7) is 10.4. The van der Waals surface area contributed by atoms with E-state index in [1.54, 1.807) is 0 Å². The molecule has 1 heterocycles. The Balaban J connectivity index is 1.87. The summed E-state index contributed by atoms with van der Waals surface area (Å²) in [5.74, 6) is 0.891. The summed E-state index contributed by atoms with van der Waals surface area (Å²) in [4.78, 5) is 2.66. The molecule has 1 aliphatic carbocycles. The van der Waals surface area contributed by atoms with E-state index in [-0.39, 0.29) is 5.54 Å². The lowest BCUT2D eigenvalue weighted by atomic mass is 9.82. The number of benzene rings is 1. The Morgan fingerprint density at radius 2 is 1.89 bits per heavy atom. The molecule has 1 aliphatic heterocycles. The van der Waals surface area contributed by atoms with Gasteiger partial charge in [0, 0.05) is 18.6 Å². The molecule has 0 bridgehead atoms. The van der Waals surface area contributed by atoms with Crippen LogP contribution in [0.15, 0.2) is 30.3 Å². The molecule has 1 saturated carbocycles. The van der Waals surface area contributed by atoms with E-state index < -0.39 is 0 Å². The van der Waals surface area contributed by atoms with Crippen molar-refractivity contribution in [2.75, 3.05) is 19.6 Å². The average molecular weight is 258 g/mol. The first-order valence-corrected chi connectivity index (χ1v) is 7.64. The van der Waals surface area contributed by atoms with Crippen molar-refractivity contribution >= 4 is 0 Å². The van der Waals surface area contributed by atoms with Crippen LogP contribution < -0.4 is 5.32 Å². The van der Waals surface area contributed by atoms with E-state index in [4.69, 9.17) is 0 Å². The Kier molecular flexibility index (Phi) is 3.18. The van der Waals surface area contributed by atoms with Crippen LogP contribution in [0.1, 0.15) is 39.2 Å². The summed E-state index contributed by atoms with van der Waals surface area (Å²) < 4.78 is 0. The van der Waals surface area contributed by atoms with E-state index in [0.29, 0.717) is 5.54 Å². The van der Waals surface area contributed by atoms with Gasteiger partial charge in [-0.1, -0.05) is 37.3 Å². The number of likely N-dealkylation sites (N-methyl/N-ethyl adjacent to an activating group) is 1. The fourth-order valence-corrected chi connectivity index (χ4v) is 3.65. The fraction of sp³-hybridized carbons (Fsp3) is 0.647. The van der Waals surface area contributed by atoms with E-state index in [0.717, 1.165) is 19.0 Å². The van der Waals surface area contributed by atoms with Crippen LogP contribution in [-0.2, 0) is 5.54 Å². The highest BCUT2D eigenvalue weighted by Gasteiger charge is 2.49. The molecule has 1 aromatic rings. The monoisotopic (exact) mass is 258 g/mol. The van der Waals surface area contributed by atoms with Gasteiger partial charge in [0.25, 0.3) is 0 Å². The van der Waals surface area contributed by atoms with Crippen molar-refractivity contribution in [3.63, 3.8) is 0 Å². The third-order valence-corrected chi connectivity index (χ3v) is 5.31. The second kappa shape index (κ2) is 4.60. The van der Waals surface area contributed by atoms with E-state index >= 15 is 0 Å². The van der Waals surface area contributed by atoms with Crippen molar-refractivity contribution in [2.45, 2.75) is 44.7 Å². The molecule has 0 radical (unpaired) electrons. The van der Waals surface area contributed by atoms with E-state index in [9.17, 15) is 0 Å². The highest BCUT2D eigenvalue weighted by atomic mass is 15.3. The molecule has 1 saturated heterocycles. The van der Waals surface area contributed by atoms with Gasteiger partial charge in [0.2, 0.25) is 0 Å². The maximum absolute atomic E-state index is 3.87. The molecule has 2 unspecified atom stereocenters. The third kappa shape index (κ3) is 2.21. The van der Waals surface area contributed by atoms with E-state index in [2.05, 4.69) is 61.3 Å². The maximum atomic E-state index is 3.87. The van der Waals surface area contributed by atoms with Crippen LogP contribution in [0, 0.1) is 5.92 Å². The molecule has 1 N–H and O–H groups in total. The maximum Gasteiger partial charge on any atom is 0.0558 e. The predicted octanol–water partition coefficient (Wildman–Crippen LogP) is 3.00. The van der Waals surface area contributed by atoms with Gasteiger partial charge >= 0.3 is 0 Å². The van der Waals surface area contributed by atoms with Crippen LogP contribution in [0.25, 0.3) is 0 Å². The standard InChI is InChI=1S/C17H26N2/c1-4-19-13-16(2,14-10-11-14)18-12-17(19,3)15-8-6-5-7-9-15/h5-9,14,18H,4,10-13H2,1-3H3. The highest BCUT2D eigenvalue weighted by molar-refractivity contribution is 5.26. The van der Waals surface area contributed by atoms with Crippen LogP contribution in [0.3, 0.4) is 0 Å². The average Bonchev–Trinajstić information content (AvgIpc) is 3.28. The summed E-state index contributed by atoms with van der Waals surface area (Å²) in [6, 6.07) is 11.0. The van der Waals surface area contributed by atoms with Gasteiger partial charge in [-0.2, -0.15) is 0 Å². The third-order valence-electron chi connectivity index (χ3n) is 5.31. The molecule has 2 aliphatic rings. The minimum Gasteiger partial charge on any atom is -0.308 e. The largest absolute Gasteiger partial charge is 0.308 e. The molecule has 2 atom stereocenters. The number of hydrogen-bond acceptors (Lipinski definition) is 2. The normalized spacial score (nSPS) is 36.4. The molecule has 2 nitrogen and oxygen atoms in total. The van der Waals surface area contributed by atoms with Crippen LogP contribution in [0.5, 0.6) is 0 Å². The first-order valence-electron chi connectivity index (χ1n) is 7.64. The van der Waals surface area contributed by atoms with Crippen LogP contribution in [0.2, 0.25) is 0 Å². The Morgan fingerprint density at radius 1 is 1.21 bits per heavy atom. The molecular formula is C17H26N2. The van der Waals surface area contributed by atoms with Gasteiger partial charge in [-0.15, -0.1) is 0 Å². The zero-order chi connectivity index (χ0) is 13.5. The topological polar surface area (TPSA) is 15.3 Å². The molecule has 2 fully saturated rings.